The predicted octanol–water partition coefficient (Wildman–Crippen LogP) is 5.03. The molecule has 1 rings (SSSR count). The van der Waals surface area contributed by atoms with Crippen LogP contribution in [0.25, 0.3) is 0 Å². The first kappa shape index (κ1) is 18.2. The van der Waals surface area contributed by atoms with Crippen LogP contribution >= 0.6 is 0 Å². The van der Waals surface area contributed by atoms with Crippen molar-refractivity contribution < 1.29 is 0 Å². The average molecular weight is 263 g/mol. The lowest BCUT2D eigenvalue weighted by molar-refractivity contribution is 0.488. The standard InChI is InChI=1S/C9H21N.C9H12/c1-4-7-10-8-6-9(3)5-2;1-7-5-4-6-8(2)9(7)3/h9-10H,4-8H2,1-3H3;4-6H,1-3H3. The van der Waals surface area contributed by atoms with Crippen molar-refractivity contribution in [1.29, 1.82) is 0 Å². The second kappa shape index (κ2) is 11.0. The summed E-state index contributed by atoms with van der Waals surface area (Å²) in [5.74, 6) is 0.893. The summed E-state index contributed by atoms with van der Waals surface area (Å²) in [5, 5.41) is 3.40. The first-order chi connectivity index (χ1) is 9.02. The quantitative estimate of drug-likeness (QED) is 0.709. The number of nitrogens with one attached hydrogen (secondary N) is 1. The molecule has 0 aromatic heterocycles. The van der Waals surface area contributed by atoms with E-state index in [4.69, 9.17) is 0 Å². The van der Waals surface area contributed by atoms with Crippen molar-refractivity contribution in [3.8, 4) is 0 Å². The SMILES string of the molecule is CCCNCCC(C)CC.Cc1cccc(C)c1C. The van der Waals surface area contributed by atoms with Gasteiger partial charge in [-0.15, -0.1) is 0 Å². The second-order valence-electron chi connectivity index (χ2n) is 5.57. The zero-order chi connectivity index (χ0) is 14.7. The molecule has 0 fully saturated rings. The Morgan fingerprint density at radius 3 is 2.00 bits per heavy atom. The lowest BCUT2D eigenvalue weighted by atomic mass is 10.1. The molecule has 0 saturated heterocycles. The van der Waals surface area contributed by atoms with E-state index in [9.17, 15) is 0 Å². The molecular formula is C18H33N. The van der Waals surface area contributed by atoms with Crippen LogP contribution in [-0.4, -0.2) is 13.1 Å². The minimum Gasteiger partial charge on any atom is -0.317 e. The fraction of sp³-hybridized carbons (Fsp3) is 0.667. The van der Waals surface area contributed by atoms with Gasteiger partial charge >= 0.3 is 0 Å². The van der Waals surface area contributed by atoms with Crippen molar-refractivity contribution in [2.45, 2.75) is 60.8 Å². The Labute approximate surface area is 120 Å². The number of hydrogen-bond acceptors (Lipinski definition) is 1. The average Bonchev–Trinajstić information content (AvgIpc) is 2.41. The van der Waals surface area contributed by atoms with Crippen LogP contribution in [0.15, 0.2) is 18.2 Å². The van der Waals surface area contributed by atoms with E-state index in [0.29, 0.717) is 0 Å². The summed E-state index contributed by atoms with van der Waals surface area (Å²) in [6.07, 6.45) is 3.89. The topological polar surface area (TPSA) is 12.0 Å². The van der Waals surface area contributed by atoms with Crippen molar-refractivity contribution in [3.63, 3.8) is 0 Å². The molecular weight excluding hydrogens is 230 g/mol. The van der Waals surface area contributed by atoms with Crippen LogP contribution in [0.2, 0.25) is 0 Å². The van der Waals surface area contributed by atoms with Gasteiger partial charge in [-0.2, -0.15) is 0 Å². The molecule has 0 aliphatic carbocycles. The Morgan fingerprint density at radius 1 is 1.00 bits per heavy atom. The number of benzene rings is 1. The first-order valence-corrected chi connectivity index (χ1v) is 7.76. The van der Waals surface area contributed by atoms with Gasteiger partial charge in [0.2, 0.25) is 0 Å². The number of rotatable bonds is 6. The number of hydrogen-bond donors (Lipinski definition) is 1. The van der Waals surface area contributed by atoms with E-state index in [0.717, 1.165) is 5.92 Å². The molecule has 0 aliphatic rings. The molecule has 1 aromatic rings. The van der Waals surface area contributed by atoms with Gasteiger partial charge in [0.1, 0.15) is 0 Å². The Bertz CT molecular complexity index is 310. The summed E-state index contributed by atoms with van der Waals surface area (Å²) >= 11 is 0. The molecule has 0 bridgehead atoms. The first-order valence-electron chi connectivity index (χ1n) is 7.76. The fourth-order valence-electron chi connectivity index (χ4n) is 1.75. The summed E-state index contributed by atoms with van der Waals surface area (Å²) in [7, 11) is 0. The summed E-state index contributed by atoms with van der Waals surface area (Å²) in [6, 6.07) is 6.38. The van der Waals surface area contributed by atoms with Crippen LogP contribution in [0, 0.1) is 26.7 Å². The fourth-order valence-corrected chi connectivity index (χ4v) is 1.75. The van der Waals surface area contributed by atoms with Gasteiger partial charge in [0.05, 0.1) is 0 Å². The third-order valence-electron chi connectivity index (χ3n) is 3.81. The third-order valence-corrected chi connectivity index (χ3v) is 3.81. The molecule has 0 spiro atoms. The van der Waals surface area contributed by atoms with Gasteiger partial charge in [-0.1, -0.05) is 45.4 Å². The summed E-state index contributed by atoms with van der Waals surface area (Å²) in [4.78, 5) is 0. The van der Waals surface area contributed by atoms with Crippen molar-refractivity contribution in [2.24, 2.45) is 5.92 Å². The highest BCUT2D eigenvalue weighted by molar-refractivity contribution is 5.31. The van der Waals surface area contributed by atoms with E-state index >= 15 is 0 Å². The largest absolute Gasteiger partial charge is 0.317 e. The van der Waals surface area contributed by atoms with Gasteiger partial charge in [0, 0.05) is 0 Å². The zero-order valence-electron chi connectivity index (χ0n) is 13.8. The monoisotopic (exact) mass is 263 g/mol. The van der Waals surface area contributed by atoms with Gasteiger partial charge in [0.15, 0.2) is 0 Å². The zero-order valence-corrected chi connectivity index (χ0v) is 13.8. The predicted molar refractivity (Wildman–Crippen MR) is 87.9 cm³/mol. The maximum absolute atomic E-state index is 3.40. The molecule has 1 N–H and O–H groups in total. The van der Waals surface area contributed by atoms with E-state index < -0.39 is 0 Å². The Balaban J connectivity index is 0.000000342. The highest BCUT2D eigenvalue weighted by atomic mass is 14.8. The van der Waals surface area contributed by atoms with E-state index in [1.54, 1.807) is 0 Å². The summed E-state index contributed by atoms with van der Waals surface area (Å²) < 4.78 is 0. The molecule has 19 heavy (non-hydrogen) atoms. The van der Waals surface area contributed by atoms with Crippen LogP contribution in [-0.2, 0) is 0 Å². The molecule has 0 amide bonds. The van der Waals surface area contributed by atoms with Gasteiger partial charge in [-0.05, 0) is 69.3 Å². The Morgan fingerprint density at radius 2 is 1.58 bits per heavy atom. The summed E-state index contributed by atoms with van der Waals surface area (Å²) in [5.41, 5.74) is 4.18. The van der Waals surface area contributed by atoms with Crippen molar-refractivity contribution in [3.05, 3.63) is 34.9 Å². The van der Waals surface area contributed by atoms with E-state index in [2.05, 4.69) is 65.1 Å². The van der Waals surface area contributed by atoms with Crippen molar-refractivity contribution in [1.82, 2.24) is 5.32 Å². The molecule has 1 nitrogen and oxygen atoms in total. The van der Waals surface area contributed by atoms with Crippen LogP contribution in [0.3, 0.4) is 0 Å². The van der Waals surface area contributed by atoms with Crippen LogP contribution < -0.4 is 5.32 Å². The molecule has 0 radical (unpaired) electrons. The molecule has 1 aromatic carbocycles. The van der Waals surface area contributed by atoms with E-state index in [-0.39, 0.29) is 0 Å². The molecule has 0 saturated carbocycles. The van der Waals surface area contributed by atoms with E-state index in [1.165, 1.54) is 49.0 Å². The highest BCUT2D eigenvalue weighted by Gasteiger charge is 1.95. The third kappa shape index (κ3) is 8.83. The minimum atomic E-state index is 0.893. The second-order valence-corrected chi connectivity index (χ2v) is 5.57. The van der Waals surface area contributed by atoms with Crippen LogP contribution in [0.1, 0.15) is 56.7 Å². The van der Waals surface area contributed by atoms with Crippen LogP contribution in [0.4, 0.5) is 0 Å². The maximum atomic E-state index is 3.40. The molecule has 0 aliphatic heterocycles. The number of aryl methyl sites for hydroxylation is 2. The van der Waals surface area contributed by atoms with Crippen molar-refractivity contribution in [2.75, 3.05) is 13.1 Å². The van der Waals surface area contributed by atoms with E-state index in [1.807, 2.05) is 0 Å². The van der Waals surface area contributed by atoms with Gasteiger partial charge < -0.3 is 5.32 Å². The minimum absolute atomic E-state index is 0.893. The van der Waals surface area contributed by atoms with Crippen molar-refractivity contribution >= 4 is 0 Å². The summed E-state index contributed by atoms with van der Waals surface area (Å²) in [6.45, 7) is 15.6. The molecule has 1 heteroatoms. The highest BCUT2D eigenvalue weighted by Crippen LogP contribution is 2.09. The Kier molecular flexibility index (Phi) is 10.6. The maximum Gasteiger partial charge on any atom is -0.00464 e. The Hall–Kier alpha value is -0.820. The van der Waals surface area contributed by atoms with Gasteiger partial charge in [0.25, 0.3) is 0 Å². The smallest absolute Gasteiger partial charge is 0.00464 e. The molecule has 1 atom stereocenters. The van der Waals surface area contributed by atoms with Crippen LogP contribution in [0.5, 0.6) is 0 Å². The normalized spacial score (nSPS) is 11.7. The molecule has 0 heterocycles. The van der Waals surface area contributed by atoms with Gasteiger partial charge in [-0.3, -0.25) is 0 Å². The molecule has 110 valence electrons. The molecule has 1 unspecified atom stereocenters. The lowest BCUT2D eigenvalue weighted by Gasteiger charge is -2.07. The van der Waals surface area contributed by atoms with Gasteiger partial charge in [-0.25, -0.2) is 0 Å². The lowest BCUT2D eigenvalue weighted by Crippen LogP contribution is -2.17.